The molecule has 1 heterocycles. The van der Waals surface area contributed by atoms with E-state index in [0.717, 1.165) is 22.5 Å². The molecule has 0 saturated heterocycles. The molecule has 0 aliphatic carbocycles. The molecule has 0 atom stereocenters. The minimum atomic E-state index is -0.358. The lowest BCUT2D eigenvalue weighted by molar-refractivity contribution is 0.0958. The number of ether oxygens (including phenoxy) is 1. The number of nitrogens with zero attached hydrogens (tertiary/aromatic N) is 2. The number of hydrogen-bond acceptors (Lipinski definition) is 6. The largest absolute Gasteiger partial charge is 0.489 e. The van der Waals surface area contributed by atoms with Gasteiger partial charge in [-0.25, -0.2) is 10.4 Å². The molecule has 0 bridgehead atoms. The average Bonchev–Trinajstić information content (AvgIpc) is 3.00. The van der Waals surface area contributed by atoms with Gasteiger partial charge in [-0.2, -0.15) is 5.10 Å². The third kappa shape index (κ3) is 5.01. The number of carbonyl (C=O) groups excluding carboxylic acids is 1. The minimum absolute atomic E-state index is 0.238. The Morgan fingerprint density at radius 1 is 1.29 bits per heavy atom. The number of aromatic nitrogens is 1. The van der Waals surface area contributed by atoms with Gasteiger partial charge < -0.3 is 10.5 Å². The number of amides is 1. The molecular weight excluding hydrogens is 419 g/mol. The number of benzene rings is 2. The fraction of sp³-hybridized carbons (Fsp3) is 0.105. The third-order valence-corrected chi connectivity index (χ3v) is 5.40. The number of hydrazone groups is 1. The van der Waals surface area contributed by atoms with Crippen molar-refractivity contribution in [1.29, 1.82) is 0 Å². The van der Waals surface area contributed by atoms with Crippen LogP contribution in [0.15, 0.2) is 47.6 Å². The van der Waals surface area contributed by atoms with Crippen molar-refractivity contribution in [1.82, 2.24) is 10.4 Å². The van der Waals surface area contributed by atoms with Crippen molar-refractivity contribution in [3.63, 3.8) is 0 Å². The number of halogens is 2. The number of rotatable bonds is 6. The maximum absolute atomic E-state index is 12.1. The van der Waals surface area contributed by atoms with Gasteiger partial charge in [0.05, 0.1) is 11.9 Å². The average molecular weight is 435 g/mol. The molecule has 144 valence electrons. The van der Waals surface area contributed by atoms with Crippen LogP contribution in [0.5, 0.6) is 5.75 Å². The molecule has 3 aromatic rings. The SMILES string of the molecule is Cc1nc(N)sc1C(=O)N/N=C/c1cccc(OCc2c(Cl)cccc2Cl)c1. The van der Waals surface area contributed by atoms with Crippen LogP contribution in [0.3, 0.4) is 0 Å². The van der Waals surface area contributed by atoms with Crippen LogP contribution in [0, 0.1) is 6.92 Å². The molecule has 1 amide bonds. The molecule has 9 heteroatoms. The van der Waals surface area contributed by atoms with E-state index in [4.69, 9.17) is 33.7 Å². The van der Waals surface area contributed by atoms with Gasteiger partial charge in [-0.3, -0.25) is 4.79 Å². The lowest BCUT2D eigenvalue weighted by atomic mass is 10.2. The van der Waals surface area contributed by atoms with E-state index in [1.807, 2.05) is 18.2 Å². The van der Waals surface area contributed by atoms with E-state index < -0.39 is 0 Å². The van der Waals surface area contributed by atoms with Crippen LogP contribution in [0.4, 0.5) is 5.13 Å². The van der Waals surface area contributed by atoms with Crippen LogP contribution in [-0.2, 0) is 6.61 Å². The second-order valence-electron chi connectivity index (χ2n) is 5.73. The van der Waals surface area contributed by atoms with E-state index >= 15 is 0 Å². The summed E-state index contributed by atoms with van der Waals surface area (Å²) in [5.74, 6) is 0.265. The molecule has 0 fully saturated rings. The fourth-order valence-electron chi connectivity index (χ4n) is 2.35. The van der Waals surface area contributed by atoms with E-state index in [2.05, 4.69) is 15.5 Å². The van der Waals surface area contributed by atoms with Crippen LogP contribution < -0.4 is 15.9 Å². The number of anilines is 1. The molecule has 0 radical (unpaired) electrons. The number of nitrogens with one attached hydrogen (secondary N) is 1. The van der Waals surface area contributed by atoms with E-state index in [1.54, 1.807) is 31.2 Å². The van der Waals surface area contributed by atoms with Crippen LogP contribution in [0.1, 0.15) is 26.5 Å². The zero-order chi connectivity index (χ0) is 20.1. The topological polar surface area (TPSA) is 89.6 Å². The van der Waals surface area contributed by atoms with Crippen LogP contribution in [0.25, 0.3) is 0 Å². The lowest BCUT2D eigenvalue weighted by Crippen LogP contribution is -2.17. The summed E-state index contributed by atoms with van der Waals surface area (Å²) in [6.45, 7) is 1.96. The summed E-state index contributed by atoms with van der Waals surface area (Å²) in [6.07, 6.45) is 1.52. The number of aryl methyl sites for hydroxylation is 1. The maximum Gasteiger partial charge on any atom is 0.283 e. The Labute approximate surface area is 176 Å². The highest BCUT2D eigenvalue weighted by atomic mass is 35.5. The summed E-state index contributed by atoms with van der Waals surface area (Å²) in [4.78, 5) is 16.5. The first kappa shape index (κ1) is 20.1. The normalized spacial score (nSPS) is 11.0. The van der Waals surface area contributed by atoms with Gasteiger partial charge in [0.15, 0.2) is 5.13 Å². The molecule has 3 rings (SSSR count). The lowest BCUT2D eigenvalue weighted by Gasteiger charge is -2.09. The molecule has 3 N–H and O–H groups in total. The van der Waals surface area contributed by atoms with Gasteiger partial charge in [-0.05, 0) is 36.8 Å². The molecule has 0 unspecified atom stereocenters. The molecule has 1 aromatic heterocycles. The molecule has 0 spiro atoms. The Hall–Kier alpha value is -2.61. The van der Waals surface area contributed by atoms with Gasteiger partial charge in [-0.1, -0.05) is 52.7 Å². The van der Waals surface area contributed by atoms with E-state index in [9.17, 15) is 4.79 Å². The number of hydrogen-bond donors (Lipinski definition) is 2. The molecule has 0 saturated carbocycles. The smallest absolute Gasteiger partial charge is 0.283 e. The van der Waals surface area contributed by atoms with Gasteiger partial charge in [0.1, 0.15) is 17.2 Å². The monoisotopic (exact) mass is 434 g/mol. The summed E-state index contributed by atoms with van der Waals surface area (Å²) in [7, 11) is 0. The van der Waals surface area contributed by atoms with Gasteiger partial charge in [0.25, 0.3) is 5.91 Å². The van der Waals surface area contributed by atoms with E-state index in [-0.39, 0.29) is 12.5 Å². The van der Waals surface area contributed by atoms with Gasteiger partial charge in [-0.15, -0.1) is 0 Å². The molecule has 0 aliphatic rings. The number of nitrogen functional groups attached to an aromatic ring is 1. The van der Waals surface area contributed by atoms with Crippen molar-refractivity contribution in [3.05, 3.63) is 74.2 Å². The van der Waals surface area contributed by atoms with Gasteiger partial charge >= 0.3 is 0 Å². The standard InChI is InChI=1S/C19H16Cl2N4O2S/c1-11-17(28-19(22)24-11)18(26)25-23-9-12-4-2-5-13(8-12)27-10-14-15(20)6-3-7-16(14)21/h2-9H,10H2,1H3,(H2,22,24)(H,25,26)/b23-9+. The fourth-order valence-corrected chi connectivity index (χ4v) is 3.58. The van der Waals surface area contributed by atoms with Gasteiger partial charge in [0.2, 0.25) is 0 Å². The predicted octanol–water partition coefficient (Wildman–Crippen LogP) is 4.68. The predicted molar refractivity (Wildman–Crippen MR) is 114 cm³/mol. The first-order chi connectivity index (χ1) is 13.4. The highest BCUT2D eigenvalue weighted by Crippen LogP contribution is 2.26. The Morgan fingerprint density at radius 2 is 2.00 bits per heavy atom. The molecule has 2 aromatic carbocycles. The van der Waals surface area contributed by atoms with Crippen molar-refractivity contribution in [2.24, 2.45) is 5.10 Å². The van der Waals surface area contributed by atoms with E-state index in [0.29, 0.717) is 31.5 Å². The second kappa shape index (κ2) is 9.05. The molecule has 6 nitrogen and oxygen atoms in total. The zero-order valence-electron chi connectivity index (χ0n) is 14.8. The van der Waals surface area contributed by atoms with Gasteiger partial charge in [0, 0.05) is 15.6 Å². The zero-order valence-corrected chi connectivity index (χ0v) is 17.1. The molecule has 0 aliphatic heterocycles. The maximum atomic E-state index is 12.1. The third-order valence-electron chi connectivity index (χ3n) is 3.70. The van der Waals surface area contributed by atoms with Crippen molar-refractivity contribution in [2.45, 2.75) is 13.5 Å². The summed E-state index contributed by atoms with van der Waals surface area (Å²) in [6, 6.07) is 12.6. The molecule has 28 heavy (non-hydrogen) atoms. The first-order valence-corrected chi connectivity index (χ1v) is 9.73. The van der Waals surface area contributed by atoms with E-state index in [1.165, 1.54) is 6.21 Å². The Bertz CT molecular complexity index is 1020. The highest BCUT2D eigenvalue weighted by Gasteiger charge is 2.13. The van der Waals surface area contributed by atoms with Crippen molar-refractivity contribution in [2.75, 3.05) is 5.73 Å². The minimum Gasteiger partial charge on any atom is -0.489 e. The number of nitrogens with two attached hydrogens (primary N) is 1. The Kier molecular flexibility index (Phi) is 6.51. The first-order valence-electron chi connectivity index (χ1n) is 8.16. The van der Waals surface area contributed by atoms with Crippen molar-refractivity contribution >= 4 is 51.8 Å². The summed E-state index contributed by atoms with van der Waals surface area (Å²) < 4.78 is 5.77. The van der Waals surface area contributed by atoms with Crippen LogP contribution in [-0.4, -0.2) is 17.1 Å². The second-order valence-corrected chi connectivity index (χ2v) is 7.57. The molecular formula is C19H16Cl2N4O2S. The van der Waals surface area contributed by atoms with Crippen LogP contribution >= 0.6 is 34.5 Å². The number of carbonyl (C=O) groups is 1. The Morgan fingerprint density at radius 3 is 2.68 bits per heavy atom. The summed E-state index contributed by atoms with van der Waals surface area (Å²) >= 11 is 13.4. The highest BCUT2D eigenvalue weighted by molar-refractivity contribution is 7.17. The number of thiazole rings is 1. The Balaban J connectivity index is 1.62. The summed E-state index contributed by atoms with van der Waals surface area (Å²) in [5.41, 5.74) is 10.1. The summed E-state index contributed by atoms with van der Waals surface area (Å²) in [5, 5.41) is 5.41. The van der Waals surface area contributed by atoms with Crippen molar-refractivity contribution < 1.29 is 9.53 Å². The van der Waals surface area contributed by atoms with Crippen molar-refractivity contribution in [3.8, 4) is 5.75 Å². The quantitative estimate of drug-likeness (QED) is 0.435. The van der Waals surface area contributed by atoms with Crippen LogP contribution in [0.2, 0.25) is 10.0 Å².